The fourth-order valence-electron chi connectivity index (χ4n) is 4.37. The number of para-hydroxylation sites is 2. The topological polar surface area (TPSA) is 82.6 Å². The van der Waals surface area contributed by atoms with Crippen molar-refractivity contribution in [2.75, 3.05) is 35.8 Å². The summed E-state index contributed by atoms with van der Waals surface area (Å²) in [6.07, 6.45) is 0.940. The summed E-state index contributed by atoms with van der Waals surface area (Å²) in [5.74, 6) is -0.186. The van der Waals surface area contributed by atoms with Crippen LogP contribution in [0.1, 0.15) is 28.4 Å². The van der Waals surface area contributed by atoms with E-state index in [9.17, 15) is 13.2 Å². The van der Waals surface area contributed by atoms with Gasteiger partial charge in [-0.15, -0.1) is 0 Å². The quantitative estimate of drug-likeness (QED) is 0.390. The second kappa shape index (κ2) is 9.91. The summed E-state index contributed by atoms with van der Waals surface area (Å²) in [4.78, 5) is 22.5. The van der Waals surface area contributed by atoms with Crippen molar-refractivity contribution in [3.05, 3.63) is 83.4 Å². The Morgan fingerprint density at radius 2 is 1.69 bits per heavy atom. The van der Waals surface area contributed by atoms with Gasteiger partial charge in [0, 0.05) is 26.2 Å². The van der Waals surface area contributed by atoms with Gasteiger partial charge in [-0.05, 0) is 49.2 Å². The number of benzene rings is 3. The molecular formula is C27H28N4O3S2. The Balaban J connectivity index is 1.30. The van der Waals surface area contributed by atoms with Crippen LogP contribution in [0.15, 0.2) is 71.6 Å². The maximum atomic E-state index is 13.4. The Hall–Kier alpha value is -3.43. The van der Waals surface area contributed by atoms with Crippen molar-refractivity contribution in [1.29, 1.82) is 0 Å². The monoisotopic (exact) mass is 520 g/mol. The maximum Gasteiger partial charge on any atom is 0.261 e. The van der Waals surface area contributed by atoms with Gasteiger partial charge in [-0.1, -0.05) is 60.2 Å². The summed E-state index contributed by atoms with van der Waals surface area (Å²) >= 11 is 1.68. The number of anilines is 2. The van der Waals surface area contributed by atoms with Gasteiger partial charge < -0.3 is 9.80 Å². The number of piperazine rings is 1. The highest BCUT2D eigenvalue weighted by Crippen LogP contribution is 2.32. The molecule has 186 valence electrons. The molecule has 0 unspecified atom stereocenters. The molecule has 0 saturated carbocycles. The number of nitrogens with zero attached hydrogens (tertiary/aromatic N) is 3. The molecule has 0 spiro atoms. The van der Waals surface area contributed by atoms with Crippen LogP contribution in [-0.4, -0.2) is 50.4 Å². The number of carbonyl (C=O) groups is 1. The lowest BCUT2D eigenvalue weighted by molar-refractivity contribution is 0.0748. The van der Waals surface area contributed by atoms with Gasteiger partial charge in [0.15, 0.2) is 5.13 Å². The van der Waals surface area contributed by atoms with Crippen molar-refractivity contribution in [3.8, 4) is 0 Å². The van der Waals surface area contributed by atoms with Crippen LogP contribution in [0.2, 0.25) is 0 Å². The van der Waals surface area contributed by atoms with Crippen molar-refractivity contribution in [3.63, 3.8) is 0 Å². The van der Waals surface area contributed by atoms with E-state index in [1.807, 2.05) is 6.92 Å². The summed E-state index contributed by atoms with van der Waals surface area (Å²) in [5, 5.41) is 0.976. The highest BCUT2D eigenvalue weighted by atomic mass is 32.2. The van der Waals surface area contributed by atoms with E-state index in [-0.39, 0.29) is 16.5 Å². The normalized spacial score (nSPS) is 14.3. The first-order chi connectivity index (χ1) is 17.4. The zero-order valence-electron chi connectivity index (χ0n) is 20.3. The van der Waals surface area contributed by atoms with Gasteiger partial charge in [0.05, 0.1) is 26.4 Å². The second-order valence-corrected chi connectivity index (χ2v) is 11.5. The number of rotatable bonds is 6. The van der Waals surface area contributed by atoms with Crippen LogP contribution in [0.5, 0.6) is 0 Å². The zero-order chi connectivity index (χ0) is 25.3. The lowest BCUT2D eigenvalue weighted by atomic mass is 10.1. The van der Waals surface area contributed by atoms with Crippen molar-refractivity contribution in [1.82, 2.24) is 9.88 Å². The molecule has 2 heterocycles. The van der Waals surface area contributed by atoms with Crippen LogP contribution in [0.25, 0.3) is 10.2 Å². The molecule has 1 aliphatic rings. The van der Waals surface area contributed by atoms with Crippen molar-refractivity contribution < 1.29 is 13.2 Å². The molecule has 36 heavy (non-hydrogen) atoms. The number of amides is 1. The minimum Gasteiger partial charge on any atom is -0.345 e. The first-order valence-corrected chi connectivity index (χ1v) is 14.3. The molecule has 1 aliphatic heterocycles. The molecule has 1 aromatic heterocycles. The number of hydrogen-bond acceptors (Lipinski definition) is 6. The smallest absolute Gasteiger partial charge is 0.261 e. The average Bonchev–Trinajstić information content (AvgIpc) is 3.33. The lowest BCUT2D eigenvalue weighted by Gasteiger charge is -2.34. The van der Waals surface area contributed by atoms with Crippen molar-refractivity contribution >= 4 is 48.3 Å². The fourth-order valence-corrected chi connectivity index (χ4v) is 6.51. The minimum atomic E-state index is -3.82. The molecule has 3 aromatic carbocycles. The molecule has 0 aliphatic carbocycles. The Kier molecular flexibility index (Phi) is 6.68. The third-order valence-corrected chi connectivity index (χ3v) is 8.91. The van der Waals surface area contributed by atoms with Gasteiger partial charge in [0.2, 0.25) is 0 Å². The van der Waals surface area contributed by atoms with E-state index in [0.717, 1.165) is 22.6 Å². The predicted molar refractivity (Wildman–Crippen MR) is 146 cm³/mol. The lowest BCUT2D eigenvalue weighted by Crippen LogP contribution is -2.48. The van der Waals surface area contributed by atoms with E-state index >= 15 is 0 Å². The van der Waals surface area contributed by atoms with Crippen LogP contribution in [0.4, 0.5) is 10.8 Å². The number of hydrogen-bond donors (Lipinski definition) is 1. The van der Waals surface area contributed by atoms with Gasteiger partial charge >= 0.3 is 0 Å². The van der Waals surface area contributed by atoms with E-state index in [1.54, 1.807) is 64.8 Å². The molecule has 5 rings (SSSR count). The third-order valence-electron chi connectivity index (χ3n) is 6.44. The number of aryl methyl sites for hydroxylation is 2. The fraction of sp³-hybridized carbons (Fsp3) is 0.259. The summed E-state index contributed by atoms with van der Waals surface area (Å²) in [6, 6.07) is 19.7. The standard InChI is InChI=1S/C27H28N4O3S2/c1-3-20-7-6-10-24-25(20)28-27(35-24)31-17-15-30(16-18-31)26(32)22-8-4-5-9-23(22)29-36(33,34)21-13-11-19(2)12-14-21/h4-14,29H,3,15-18H2,1-2H3. The number of nitrogens with one attached hydrogen (secondary N) is 1. The second-order valence-electron chi connectivity index (χ2n) is 8.86. The first kappa shape index (κ1) is 24.3. The zero-order valence-corrected chi connectivity index (χ0v) is 21.9. The van der Waals surface area contributed by atoms with Crippen molar-refractivity contribution in [2.45, 2.75) is 25.2 Å². The molecule has 1 saturated heterocycles. The third kappa shape index (κ3) is 4.81. The number of sulfonamides is 1. The molecule has 9 heteroatoms. The predicted octanol–water partition coefficient (Wildman–Crippen LogP) is 4.93. The molecule has 0 bridgehead atoms. The molecule has 1 amide bonds. The highest BCUT2D eigenvalue weighted by Gasteiger charge is 2.26. The largest absolute Gasteiger partial charge is 0.345 e. The summed E-state index contributed by atoms with van der Waals surface area (Å²) in [5.41, 5.74) is 3.90. The van der Waals surface area contributed by atoms with E-state index < -0.39 is 10.0 Å². The molecule has 1 fully saturated rings. The van der Waals surface area contributed by atoms with Crippen LogP contribution in [0, 0.1) is 6.92 Å². The minimum absolute atomic E-state index is 0.158. The van der Waals surface area contributed by atoms with Crippen LogP contribution < -0.4 is 9.62 Å². The van der Waals surface area contributed by atoms with Gasteiger partial charge in [0.1, 0.15) is 0 Å². The van der Waals surface area contributed by atoms with E-state index in [2.05, 4.69) is 34.7 Å². The van der Waals surface area contributed by atoms with Crippen LogP contribution >= 0.6 is 11.3 Å². The first-order valence-electron chi connectivity index (χ1n) is 12.0. The highest BCUT2D eigenvalue weighted by molar-refractivity contribution is 7.92. The molecule has 0 atom stereocenters. The SMILES string of the molecule is CCc1cccc2sc(N3CCN(C(=O)c4ccccc4NS(=O)(=O)c4ccc(C)cc4)CC3)nc12. The number of carbonyl (C=O) groups excluding carboxylic acids is 1. The molecule has 0 radical (unpaired) electrons. The van der Waals surface area contributed by atoms with Gasteiger partial charge in [0.25, 0.3) is 15.9 Å². The van der Waals surface area contributed by atoms with E-state index in [4.69, 9.17) is 4.98 Å². The Bertz CT molecular complexity index is 1510. The van der Waals surface area contributed by atoms with Crippen LogP contribution in [0.3, 0.4) is 0 Å². The Morgan fingerprint density at radius 1 is 0.972 bits per heavy atom. The summed E-state index contributed by atoms with van der Waals surface area (Å²) in [6.45, 7) is 6.45. The van der Waals surface area contributed by atoms with E-state index in [1.165, 1.54) is 10.3 Å². The Morgan fingerprint density at radius 3 is 2.42 bits per heavy atom. The van der Waals surface area contributed by atoms with Gasteiger partial charge in [-0.3, -0.25) is 9.52 Å². The number of aromatic nitrogens is 1. The molecule has 1 N–H and O–H groups in total. The van der Waals surface area contributed by atoms with Gasteiger partial charge in [-0.2, -0.15) is 0 Å². The number of fused-ring (bicyclic) bond motifs is 1. The summed E-state index contributed by atoms with van der Waals surface area (Å²) < 4.78 is 29.7. The molecule has 4 aromatic rings. The van der Waals surface area contributed by atoms with Crippen LogP contribution in [-0.2, 0) is 16.4 Å². The molecule has 7 nitrogen and oxygen atoms in total. The Labute approximate surface area is 215 Å². The maximum absolute atomic E-state index is 13.4. The molecular weight excluding hydrogens is 492 g/mol. The van der Waals surface area contributed by atoms with E-state index in [0.29, 0.717) is 31.7 Å². The van der Waals surface area contributed by atoms with Crippen molar-refractivity contribution in [2.24, 2.45) is 0 Å². The number of thiazole rings is 1. The average molecular weight is 521 g/mol. The van der Waals surface area contributed by atoms with Gasteiger partial charge in [-0.25, -0.2) is 13.4 Å². The summed E-state index contributed by atoms with van der Waals surface area (Å²) in [7, 11) is -3.82.